The van der Waals surface area contributed by atoms with E-state index in [0.29, 0.717) is 0 Å². The zero-order valence-electron chi connectivity index (χ0n) is 15.5. The maximum absolute atomic E-state index is 6.31. The number of para-hydroxylation sites is 3. The fourth-order valence-corrected chi connectivity index (χ4v) is 4.26. The van der Waals surface area contributed by atoms with Crippen molar-refractivity contribution in [1.82, 2.24) is 0 Å². The van der Waals surface area contributed by atoms with Crippen molar-refractivity contribution >= 4 is 43.9 Å². The third-order valence-electron chi connectivity index (χ3n) is 5.64. The summed E-state index contributed by atoms with van der Waals surface area (Å²) in [4.78, 5) is 0. The van der Waals surface area contributed by atoms with Gasteiger partial charge in [0, 0.05) is 28.0 Å². The topological polar surface area (TPSA) is 26.3 Å². The number of fused-ring (bicyclic) bond motifs is 6. The van der Waals surface area contributed by atoms with Crippen molar-refractivity contribution in [2.75, 3.05) is 0 Å². The summed E-state index contributed by atoms with van der Waals surface area (Å²) in [5.41, 5.74) is 7.48. The number of hydrogen-bond donors (Lipinski definition) is 0. The second-order valence-corrected chi connectivity index (χ2v) is 7.45. The molecule has 0 unspecified atom stereocenters. The molecule has 2 nitrogen and oxygen atoms in total. The van der Waals surface area contributed by atoms with Crippen molar-refractivity contribution < 1.29 is 8.83 Å². The van der Waals surface area contributed by atoms with Crippen LogP contribution in [0, 0.1) is 6.92 Å². The molecule has 0 aliphatic heterocycles. The Morgan fingerprint density at radius 1 is 0.607 bits per heavy atom. The molecule has 28 heavy (non-hydrogen) atoms. The van der Waals surface area contributed by atoms with Gasteiger partial charge in [-0.3, -0.25) is 0 Å². The van der Waals surface area contributed by atoms with Crippen molar-refractivity contribution in [2.45, 2.75) is 13.3 Å². The van der Waals surface area contributed by atoms with Crippen LogP contribution in [0.25, 0.3) is 43.9 Å². The van der Waals surface area contributed by atoms with Crippen LogP contribution in [0.5, 0.6) is 0 Å². The molecule has 0 N–H and O–H groups in total. The SMILES string of the molecule is Cc1cccc2c1oc1c(Cc3ccc4oc5ccccc5c4c3)cccc12. The van der Waals surface area contributed by atoms with Gasteiger partial charge in [0.05, 0.1) is 0 Å². The third-order valence-corrected chi connectivity index (χ3v) is 5.64. The Labute approximate surface area is 162 Å². The van der Waals surface area contributed by atoms with Crippen LogP contribution >= 0.6 is 0 Å². The smallest absolute Gasteiger partial charge is 0.138 e. The first-order chi connectivity index (χ1) is 13.8. The lowest BCUT2D eigenvalue weighted by molar-refractivity contribution is 0.661. The first-order valence-corrected chi connectivity index (χ1v) is 9.58. The lowest BCUT2D eigenvalue weighted by Gasteiger charge is -2.03. The first-order valence-electron chi connectivity index (χ1n) is 9.58. The first kappa shape index (κ1) is 15.5. The summed E-state index contributed by atoms with van der Waals surface area (Å²) in [6.07, 6.45) is 0.825. The van der Waals surface area contributed by atoms with Gasteiger partial charge < -0.3 is 8.83 Å². The summed E-state index contributed by atoms with van der Waals surface area (Å²) in [7, 11) is 0. The van der Waals surface area contributed by atoms with Gasteiger partial charge in [-0.05, 0) is 41.8 Å². The molecule has 0 atom stereocenters. The highest BCUT2D eigenvalue weighted by Gasteiger charge is 2.13. The van der Waals surface area contributed by atoms with E-state index in [4.69, 9.17) is 8.83 Å². The maximum Gasteiger partial charge on any atom is 0.138 e. The van der Waals surface area contributed by atoms with E-state index in [1.807, 2.05) is 12.1 Å². The minimum Gasteiger partial charge on any atom is -0.456 e. The van der Waals surface area contributed by atoms with Crippen molar-refractivity contribution in [3.8, 4) is 0 Å². The Hall–Kier alpha value is -3.52. The van der Waals surface area contributed by atoms with Crippen LogP contribution in [0.3, 0.4) is 0 Å². The Morgan fingerprint density at radius 3 is 2.29 bits per heavy atom. The van der Waals surface area contributed by atoms with E-state index < -0.39 is 0 Å². The van der Waals surface area contributed by atoms with Crippen LogP contribution in [-0.2, 0) is 6.42 Å². The molecule has 0 amide bonds. The highest BCUT2D eigenvalue weighted by molar-refractivity contribution is 6.07. The fourth-order valence-electron chi connectivity index (χ4n) is 4.26. The quantitative estimate of drug-likeness (QED) is 0.321. The second kappa shape index (κ2) is 5.74. The van der Waals surface area contributed by atoms with Crippen molar-refractivity contribution in [1.29, 1.82) is 0 Å². The molecule has 134 valence electrons. The fraction of sp³-hybridized carbons (Fsp3) is 0.0769. The molecule has 0 saturated carbocycles. The molecule has 0 bridgehead atoms. The lowest BCUT2D eigenvalue weighted by Crippen LogP contribution is -1.88. The van der Waals surface area contributed by atoms with Gasteiger partial charge in [-0.25, -0.2) is 0 Å². The van der Waals surface area contributed by atoms with Crippen molar-refractivity contribution in [3.63, 3.8) is 0 Å². The number of hydrogen-bond acceptors (Lipinski definition) is 2. The molecule has 2 heteroatoms. The predicted molar refractivity (Wildman–Crippen MR) is 115 cm³/mol. The summed E-state index contributed by atoms with van der Waals surface area (Å²) in [5, 5.41) is 4.71. The predicted octanol–water partition coefficient (Wildman–Crippen LogP) is 7.38. The lowest BCUT2D eigenvalue weighted by atomic mass is 10.0. The van der Waals surface area contributed by atoms with Crippen LogP contribution in [-0.4, -0.2) is 0 Å². The van der Waals surface area contributed by atoms with Crippen LogP contribution in [0.4, 0.5) is 0 Å². The van der Waals surface area contributed by atoms with Gasteiger partial charge in [-0.1, -0.05) is 60.7 Å². The Morgan fingerprint density at radius 2 is 1.36 bits per heavy atom. The Kier molecular flexibility index (Phi) is 3.18. The average Bonchev–Trinajstić information content (AvgIpc) is 3.28. The van der Waals surface area contributed by atoms with E-state index in [9.17, 15) is 0 Å². The third kappa shape index (κ3) is 2.21. The van der Waals surface area contributed by atoms with Crippen LogP contribution in [0.15, 0.2) is 87.7 Å². The Balaban J connectivity index is 1.52. The highest BCUT2D eigenvalue weighted by atomic mass is 16.3. The van der Waals surface area contributed by atoms with Gasteiger partial charge in [0.1, 0.15) is 22.3 Å². The van der Waals surface area contributed by atoms with E-state index in [1.165, 1.54) is 32.8 Å². The minimum atomic E-state index is 0.825. The molecule has 2 heterocycles. The number of aryl methyl sites for hydroxylation is 1. The molecule has 0 saturated heterocycles. The van der Waals surface area contributed by atoms with Crippen LogP contribution in [0.2, 0.25) is 0 Å². The average molecular weight is 362 g/mol. The van der Waals surface area contributed by atoms with Gasteiger partial charge in [0.15, 0.2) is 0 Å². The molecule has 2 aromatic heterocycles. The highest BCUT2D eigenvalue weighted by Crippen LogP contribution is 2.34. The molecule has 0 spiro atoms. The maximum atomic E-state index is 6.31. The van der Waals surface area contributed by atoms with Gasteiger partial charge in [0.25, 0.3) is 0 Å². The molecule has 0 aliphatic rings. The van der Waals surface area contributed by atoms with Gasteiger partial charge in [-0.15, -0.1) is 0 Å². The molecule has 0 aliphatic carbocycles. The van der Waals surface area contributed by atoms with E-state index in [1.54, 1.807) is 0 Å². The summed E-state index contributed by atoms with van der Waals surface area (Å²) >= 11 is 0. The molecular weight excluding hydrogens is 344 g/mol. The van der Waals surface area contributed by atoms with E-state index >= 15 is 0 Å². The molecule has 0 fully saturated rings. The van der Waals surface area contributed by atoms with Gasteiger partial charge in [-0.2, -0.15) is 0 Å². The minimum absolute atomic E-state index is 0.825. The van der Waals surface area contributed by atoms with Gasteiger partial charge in [0.2, 0.25) is 0 Å². The summed E-state index contributed by atoms with van der Waals surface area (Å²) in [6.45, 7) is 2.10. The largest absolute Gasteiger partial charge is 0.456 e. The standard InChI is InChI=1S/C26H18O2/c1-16-6-4-9-20-21-10-5-7-18(26(21)28-25(16)20)14-17-12-13-24-22(15-17)19-8-2-3-11-23(19)27-24/h2-13,15H,14H2,1H3. The van der Waals surface area contributed by atoms with Crippen LogP contribution < -0.4 is 0 Å². The normalized spacial score (nSPS) is 11.9. The van der Waals surface area contributed by atoms with E-state index in [0.717, 1.165) is 34.1 Å². The van der Waals surface area contributed by atoms with Crippen molar-refractivity contribution in [2.24, 2.45) is 0 Å². The summed E-state index contributed by atoms with van der Waals surface area (Å²) in [5.74, 6) is 0. The molecule has 6 aromatic rings. The second-order valence-electron chi connectivity index (χ2n) is 7.45. The molecular formula is C26H18O2. The zero-order valence-corrected chi connectivity index (χ0v) is 15.5. The van der Waals surface area contributed by atoms with E-state index in [-0.39, 0.29) is 0 Å². The number of benzene rings is 4. The van der Waals surface area contributed by atoms with Crippen LogP contribution in [0.1, 0.15) is 16.7 Å². The number of furan rings is 2. The molecule has 4 aromatic carbocycles. The van der Waals surface area contributed by atoms with Crippen molar-refractivity contribution in [3.05, 3.63) is 95.6 Å². The molecule has 6 rings (SSSR count). The molecule has 0 radical (unpaired) electrons. The number of rotatable bonds is 2. The zero-order chi connectivity index (χ0) is 18.7. The summed E-state index contributed by atoms with van der Waals surface area (Å²) in [6, 6.07) is 27.5. The summed E-state index contributed by atoms with van der Waals surface area (Å²) < 4.78 is 12.3. The monoisotopic (exact) mass is 362 g/mol. The Bertz CT molecular complexity index is 1500. The van der Waals surface area contributed by atoms with Gasteiger partial charge >= 0.3 is 0 Å². The van der Waals surface area contributed by atoms with E-state index in [2.05, 4.69) is 73.7 Å².